The molecule has 1 N–H and O–H groups in total. The van der Waals surface area contributed by atoms with Gasteiger partial charge in [0.25, 0.3) is 0 Å². The molecule has 5 nitrogen and oxygen atoms in total. The van der Waals surface area contributed by atoms with Crippen molar-refractivity contribution >= 4 is 40.4 Å². The number of carboxylic acids is 1. The highest BCUT2D eigenvalue weighted by atomic mass is 32.1. The SMILES string of the molecule is COc1cccc(-c2nc(C=Cc3cc(C(=O)O)c4ccccc4n3)cs2)c1. The van der Waals surface area contributed by atoms with Gasteiger partial charge in [-0.15, -0.1) is 11.3 Å². The molecule has 4 rings (SSSR count). The zero-order chi connectivity index (χ0) is 19.5. The monoisotopic (exact) mass is 388 g/mol. The van der Waals surface area contributed by atoms with Crippen LogP contribution in [0.5, 0.6) is 5.75 Å². The topological polar surface area (TPSA) is 72.3 Å². The van der Waals surface area contributed by atoms with Gasteiger partial charge in [0.2, 0.25) is 0 Å². The fraction of sp³-hybridized carbons (Fsp3) is 0.0455. The van der Waals surface area contributed by atoms with Gasteiger partial charge in [0.05, 0.1) is 29.6 Å². The number of pyridine rings is 1. The van der Waals surface area contributed by atoms with Crippen LogP contribution in [0, 0.1) is 0 Å². The van der Waals surface area contributed by atoms with Crippen molar-refractivity contribution in [2.75, 3.05) is 7.11 Å². The van der Waals surface area contributed by atoms with E-state index in [0.717, 1.165) is 22.0 Å². The predicted octanol–water partition coefficient (Wildman–Crippen LogP) is 5.24. The van der Waals surface area contributed by atoms with Crippen molar-refractivity contribution in [2.45, 2.75) is 0 Å². The highest BCUT2D eigenvalue weighted by molar-refractivity contribution is 7.13. The van der Waals surface area contributed by atoms with Crippen LogP contribution in [0.1, 0.15) is 21.7 Å². The first-order valence-corrected chi connectivity index (χ1v) is 9.43. The van der Waals surface area contributed by atoms with E-state index < -0.39 is 5.97 Å². The van der Waals surface area contributed by atoms with Crippen LogP contribution >= 0.6 is 11.3 Å². The molecule has 0 aliphatic heterocycles. The highest BCUT2D eigenvalue weighted by Gasteiger charge is 2.10. The van der Waals surface area contributed by atoms with Crippen molar-refractivity contribution in [3.8, 4) is 16.3 Å². The average Bonchev–Trinajstić information content (AvgIpc) is 3.20. The lowest BCUT2D eigenvalue weighted by Gasteiger charge is -2.03. The number of para-hydroxylation sites is 1. The summed E-state index contributed by atoms with van der Waals surface area (Å²) in [4.78, 5) is 20.7. The number of aromatic carboxylic acids is 1. The minimum Gasteiger partial charge on any atom is -0.497 e. The van der Waals surface area contributed by atoms with E-state index in [1.165, 1.54) is 11.3 Å². The van der Waals surface area contributed by atoms with Gasteiger partial charge in [0.1, 0.15) is 10.8 Å². The highest BCUT2D eigenvalue weighted by Crippen LogP contribution is 2.27. The van der Waals surface area contributed by atoms with Gasteiger partial charge in [0.15, 0.2) is 0 Å². The summed E-state index contributed by atoms with van der Waals surface area (Å²) in [5, 5.41) is 13.0. The summed E-state index contributed by atoms with van der Waals surface area (Å²) in [5.41, 5.74) is 3.24. The number of thiazole rings is 1. The molecule has 0 radical (unpaired) electrons. The van der Waals surface area contributed by atoms with Gasteiger partial charge in [-0.25, -0.2) is 14.8 Å². The Balaban J connectivity index is 1.65. The zero-order valence-corrected chi connectivity index (χ0v) is 15.8. The number of hydrogen-bond acceptors (Lipinski definition) is 5. The Kier molecular flexibility index (Phi) is 4.87. The van der Waals surface area contributed by atoms with E-state index in [9.17, 15) is 9.90 Å². The number of carboxylic acid groups (broad SMARTS) is 1. The van der Waals surface area contributed by atoms with Crippen molar-refractivity contribution in [1.82, 2.24) is 9.97 Å². The number of methoxy groups -OCH3 is 1. The van der Waals surface area contributed by atoms with Crippen LogP contribution in [-0.2, 0) is 0 Å². The van der Waals surface area contributed by atoms with E-state index in [4.69, 9.17) is 4.74 Å². The van der Waals surface area contributed by atoms with Crippen molar-refractivity contribution in [3.05, 3.63) is 76.9 Å². The third-order valence-electron chi connectivity index (χ3n) is 4.23. The lowest BCUT2D eigenvalue weighted by atomic mass is 10.1. The Labute approximate surface area is 165 Å². The Hall–Kier alpha value is -3.51. The maximum absolute atomic E-state index is 11.6. The Morgan fingerprint density at radius 3 is 2.68 bits per heavy atom. The summed E-state index contributed by atoms with van der Waals surface area (Å²) in [5.74, 6) is -0.187. The summed E-state index contributed by atoms with van der Waals surface area (Å²) in [6.45, 7) is 0. The Morgan fingerprint density at radius 2 is 1.86 bits per heavy atom. The predicted molar refractivity (Wildman–Crippen MR) is 112 cm³/mol. The second-order valence-corrected chi connectivity index (χ2v) is 6.92. The molecule has 138 valence electrons. The normalized spacial score (nSPS) is 11.2. The first-order chi connectivity index (χ1) is 13.6. The third-order valence-corrected chi connectivity index (χ3v) is 5.14. The molecule has 6 heteroatoms. The number of ether oxygens (including phenoxy) is 1. The van der Waals surface area contributed by atoms with Crippen molar-refractivity contribution in [2.24, 2.45) is 0 Å². The second kappa shape index (κ2) is 7.62. The molecule has 0 saturated carbocycles. The van der Waals surface area contributed by atoms with E-state index >= 15 is 0 Å². The van der Waals surface area contributed by atoms with Gasteiger partial charge in [0, 0.05) is 16.3 Å². The first-order valence-electron chi connectivity index (χ1n) is 8.55. The Morgan fingerprint density at radius 1 is 1.04 bits per heavy atom. The van der Waals surface area contributed by atoms with E-state index in [-0.39, 0.29) is 5.56 Å². The second-order valence-electron chi connectivity index (χ2n) is 6.06. The van der Waals surface area contributed by atoms with Crippen molar-refractivity contribution < 1.29 is 14.6 Å². The standard InChI is InChI=1S/C22H16N2O3S/c1-27-17-6-4-5-14(11-17)21-24-16(13-28-21)10-9-15-12-19(22(25)26)18-7-2-3-8-20(18)23-15/h2-13H,1H3,(H,25,26). The van der Waals surface area contributed by atoms with E-state index in [1.807, 2.05) is 47.9 Å². The van der Waals surface area contributed by atoms with Crippen molar-refractivity contribution in [3.63, 3.8) is 0 Å². The summed E-state index contributed by atoms with van der Waals surface area (Å²) in [6, 6.07) is 16.5. The lowest BCUT2D eigenvalue weighted by Crippen LogP contribution is -2.00. The first kappa shape index (κ1) is 17.9. The number of aromatic nitrogens is 2. The van der Waals surface area contributed by atoms with E-state index in [2.05, 4.69) is 9.97 Å². The van der Waals surface area contributed by atoms with Gasteiger partial charge in [-0.1, -0.05) is 30.3 Å². The summed E-state index contributed by atoms with van der Waals surface area (Å²) >= 11 is 1.54. The number of carbonyl (C=O) groups is 1. The van der Waals surface area contributed by atoms with Crippen LogP contribution in [0.25, 0.3) is 33.6 Å². The van der Waals surface area contributed by atoms with Crippen LogP contribution in [0.2, 0.25) is 0 Å². The van der Waals surface area contributed by atoms with E-state index in [0.29, 0.717) is 16.6 Å². The fourth-order valence-electron chi connectivity index (χ4n) is 2.88. The number of nitrogens with zero attached hydrogens (tertiary/aromatic N) is 2. The summed E-state index contributed by atoms with van der Waals surface area (Å²) in [6.07, 6.45) is 3.62. The maximum atomic E-state index is 11.6. The van der Waals surface area contributed by atoms with Gasteiger partial charge < -0.3 is 9.84 Å². The molecule has 0 amide bonds. The maximum Gasteiger partial charge on any atom is 0.336 e. The summed E-state index contributed by atoms with van der Waals surface area (Å²) in [7, 11) is 1.64. The largest absolute Gasteiger partial charge is 0.497 e. The van der Waals surface area contributed by atoms with Crippen LogP contribution in [0.3, 0.4) is 0 Å². The minimum atomic E-state index is -0.970. The molecule has 0 bridgehead atoms. The molecule has 0 atom stereocenters. The molecular weight excluding hydrogens is 372 g/mol. The van der Waals surface area contributed by atoms with Crippen LogP contribution < -0.4 is 4.74 Å². The smallest absolute Gasteiger partial charge is 0.336 e. The molecule has 0 unspecified atom stereocenters. The molecule has 2 aromatic heterocycles. The molecule has 0 aliphatic rings. The molecule has 2 aromatic carbocycles. The van der Waals surface area contributed by atoms with Gasteiger partial charge in [-0.3, -0.25) is 0 Å². The Bertz CT molecular complexity index is 1200. The molecule has 4 aromatic rings. The lowest BCUT2D eigenvalue weighted by molar-refractivity contribution is 0.0699. The van der Waals surface area contributed by atoms with Crippen LogP contribution in [0.15, 0.2) is 60.0 Å². The molecule has 0 aliphatic carbocycles. The molecule has 28 heavy (non-hydrogen) atoms. The summed E-state index contributed by atoms with van der Waals surface area (Å²) < 4.78 is 5.26. The van der Waals surface area contributed by atoms with Crippen LogP contribution in [0.4, 0.5) is 0 Å². The number of benzene rings is 2. The number of rotatable bonds is 5. The molecule has 0 spiro atoms. The molecular formula is C22H16N2O3S. The number of fused-ring (bicyclic) bond motifs is 1. The molecule has 2 heterocycles. The van der Waals surface area contributed by atoms with Gasteiger partial charge in [-0.2, -0.15) is 0 Å². The van der Waals surface area contributed by atoms with Crippen molar-refractivity contribution in [1.29, 1.82) is 0 Å². The van der Waals surface area contributed by atoms with Gasteiger partial charge in [-0.05, 0) is 36.4 Å². The number of hydrogen-bond donors (Lipinski definition) is 1. The third kappa shape index (κ3) is 3.63. The zero-order valence-electron chi connectivity index (χ0n) is 15.0. The van der Waals surface area contributed by atoms with Crippen LogP contribution in [-0.4, -0.2) is 28.2 Å². The fourth-order valence-corrected chi connectivity index (χ4v) is 3.67. The molecule has 0 saturated heterocycles. The average molecular weight is 388 g/mol. The van der Waals surface area contributed by atoms with Gasteiger partial charge >= 0.3 is 5.97 Å². The molecule has 0 fully saturated rings. The van der Waals surface area contributed by atoms with E-state index in [1.54, 1.807) is 31.4 Å². The minimum absolute atomic E-state index is 0.237. The quantitative estimate of drug-likeness (QED) is 0.506.